The van der Waals surface area contributed by atoms with Crippen LogP contribution >= 0.6 is 0 Å². The number of benzene rings is 1. The van der Waals surface area contributed by atoms with Crippen LogP contribution in [0, 0.1) is 16.9 Å². The summed E-state index contributed by atoms with van der Waals surface area (Å²) >= 11 is -0.220. The normalized spacial score (nSPS) is 26.8. The first-order valence-corrected chi connectivity index (χ1v) is 13.8. The number of cyclic esters (lactones) is 1. The molecular formula is C20H28O3SeSi. The number of carbonyl (C=O) groups is 1. The van der Waals surface area contributed by atoms with E-state index in [2.05, 4.69) is 31.1 Å². The Morgan fingerprint density at radius 3 is 2.24 bits per heavy atom. The fourth-order valence-electron chi connectivity index (χ4n) is 2.25. The molecule has 25 heavy (non-hydrogen) atoms. The van der Waals surface area contributed by atoms with Gasteiger partial charge >= 0.3 is 159 Å². The van der Waals surface area contributed by atoms with Gasteiger partial charge in [-0.25, -0.2) is 0 Å². The number of hydrogen-bond acceptors (Lipinski definition) is 3. The van der Waals surface area contributed by atoms with E-state index in [-0.39, 0.29) is 26.3 Å². The van der Waals surface area contributed by atoms with Crippen molar-refractivity contribution in [1.29, 1.82) is 0 Å². The van der Waals surface area contributed by atoms with Crippen LogP contribution in [0.4, 0.5) is 0 Å². The van der Waals surface area contributed by atoms with E-state index in [1.807, 2.05) is 58.0 Å². The van der Waals surface area contributed by atoms with Crippen molar-refractivity contribution in [3.05, 3.63) is 30.3 Å². The SMILES string of the molecule is CC(C)(C)C1(C)OC(=O)C(CC#C[Si](C)(C)C)([Se]c2ccccc2)O1. The van der Waals surface area contributed by atoms with Gasteiger partial charge in [-0.2, -0.15) is 0 Å². The van der Waals surface area contributed by atoms with Gasteiger partial charge in [0.1, 0.15) is 0 Å². The number of esters is 1. The second kappa shape index (κ2) is 6.93. The Morgan fingerprint density at radius 1 is 1.16 bits per heavy atom. The maximum atomic E-state index is 12.9. The number of rotatable bonds is 3. The molecule has 5 heteroatoms. The molecule has 0 amide bonds. The summed E-state index contributed by atoms with van der Waals surface area (Å²) in [7, 11) is -1.51. The molecule has 0 aliphatic carbocycles. The third kappa shape index (κ3) is 4.77. The third-order valence-corrected chi connectivity index (χ3v) is 7.64. The van der Waals surface area contributed by atoms with E-state index in [9.17, 15) is 4.79 Å². The fraction of sp³-hybridized carbons (Fsp3) is 0.550. The molecule has 1 aliphatic heterocycles. The molecule has 1 heterocycles. The Hall–Kier alpha value is -1.05. The number of hydrogen-bond donors (Lipinski definition) is 0. The van der Waals surface area contributed by atoms with Crippen molar-refractivity contribution in [1.82, 2.24) is 0 Å². The van der Waals surface area contributed by atoms with E-state index in [1.54, 1.807) is 0 Å². The summed E-state index contributed by atoms with van der Waals surface area (Å²) < 4.78 is 12.3. The van der Waals surface area contributed by atoms with Crippen molar-refractivity contribution in [2.45, 2.75) is 64.0 Å². The summed E-state index contributed by atoms with van der Waals surface area (Å²) in [6.07, 6.45) is 0.386. The summed E-state index contributed by atoms with van der Waals surface area (Å²) in [5.41, 5.74) is 3.04. The molecule has 0 aromatic heterocycles. The van der Waals surface area contributed by atoms with Crippen LogP contribution in [-0.2, 0) is 14.3 Å². The number of ether oxygens (including phenoxy) is 2. The molecule has 1 aliphatic rings. The van der Waals surface area contributed by atoms with Gasteiger partial charge in [0.25, 0.3) is 0 Å². The van der Waals surface area contributed by atoms with Crippen molar-refractivity contribution in [2.24, 2.45) is 5.41 Å². The molecule has 1 aromatic rings. The average molecular weight is 423 g/mol. The van der Waals surface area contributed by atoms with Crippen molar-refractivity contribution < 1.29 is 14.3 Å². The first kappa shape index (κ1) is 20.3. The Morgan fingerprint density at radius 2 is 1.76 bits per heavy atom. The summed E-state index contributed by atoms with van der Waals surface area (Å²) in [6.45, 7) is 14.5. The first-order valence-electron chi connectivity index (χ1n) is 8.55. The molecule has 0 spiro atoms. The van der Waals surface area contributed by atoms with Gasteiger partial charge in [0.2, 0.25) is 0 Å². The first-order chi connectivity index (χ1) is 11.4. The van der Waals surface area contributed by atoms with Crippen LogP contribution in [0.2, 0.25) is 19.6 Å². The maximum absolute atomic E-state index is 12.9. The zero-order valence-corrected chi connectivity index (χ0v) is 18.9. The van der Waals surface area contributed by atoms with E-state index < -0.39 is 18.4 Å². The quantitative estimate of drug-likeness (QED) is 0.425. The van der Waals surface area contributed by atoms with Gasteiger partial charge < -0.3 is 0 Å². The molecule has 1 aromatic carbocycles. The van der Waals surface area contributed by atoms with E-state index in [0.717, 1.165) is 4.46 Å². The molecule has 0 N–H and O–H groups in total. The minimum absolute atomic E-state index is 0.220. The summed E-state index contributed by atoms with van der Waals surface area (Å²) in [5.74, 6) is 2.03. The Bertz CT molecular complexity index is 694. The van der Waals surface area contributed by atoms with Crippen LogP contribution in [0.1, 0.15) is 34.1 Å². The van der Waals surface area contributed by atoms with Crippen LogP contribution in [0.3, 0.4) is 0 Å². The third-order valence-electron chi connectivity index (χ3n) is 4.13. The molecule has 136 valence electrons. The second-order valence-electron chi connectivity index (χ2n) is 8.58. The molecule has 0 saturated carbocycles. The van der Waals surface area contributed by atoms with Gasteiger partial charge in [-0.1, -0.05) is 0 Å². The van der Waals surface area contributed by atoms with Crippen molar-refractivity contribution in [3.8, 4) is 11.5 Å². The molecule has 0 radical (unpaired) electrons. The summed E-state index contributed by atoms with van der Waals surface area (Å²) in [6, 6.07) is 10.0. The predicted molar refractivity (Wildman–Crippen MR) is 105 cm³/mol. The Labute approximate surface area is 159 Å². The van der Waals surface area contributed by atoms with E-state index >= 15 is 0 Å². The Balaban J connectivity index is 2.39. The van der Waals surface area contributed by atoms with E-state index in [4.69, 9.17) is 9.47 Å². The van der Waals surface area contributed by atoms with Crippen molar-refractivity contribution in [3.63, 3.8) is 0 Å². The molecule has 2 atom stereocenters. The standard InChI is InChI=1S/C20H28O3SeSi/c1-18(2,3)19(4)22-17(21)20(23-19,14-11-15-25(5,6)7)24-16-12-9-8-10-13-16/h8-10,12-13H,14H2,1-7H3. The monoisotopic (exact) mass is 424 g/mol. The van der Waals surface area contributed by atoms with Crippen LogP contribution in [0.15, 0.2) is 30.3 Å². The van der Waals surface area contributed by atoms with Gasteiger partial charge in [0.05, 0.1) is 0 Å². The minimum atomic E-state index is -1.51. The van der Waals surface area contributed by atoms with Gasteiger partial charge in [-0.05, 0) is 0 Å². The van der Waals surface area contributed by atoms with Crippen LogP contribution < -0.4 is 4.46 Å². The summed E-state index contributed by atoms with van der Waals surface area (Å²) in [4.78, 5) is 12.9. The molecule has 0 bridgehead atoms. The van der Waals surface area contributed by atoms with E-state index in [0.29, 0.717) is 6.42 Å². The predicted octanol–water partition coefficient (Wildman–Crippen LogP) is 3.32. The molecular weight excluding hydrogens is 395 g/mol. The molecule has 2 rings (SSSR count). The topological polar surface area (TPSA) is 35.5 Å². The van der Waals surface area contributed by atoms with Crippen LogP contribution in [-0.4, -0.2) is 39.3 Å². The fourth-order valence-corrected chi connectivity index (χ4v) is 5.27. The van der Waals surface area contributed by atoms with Crippen LogP contribution in [0.25, 0.3) is 0 Å². The Kier molecular flexibility index (Phi) is 5.61. The summed E-state index contributed by atoms with van der Waals surface area (Å²) in [5, 5.41) is 0. The van der Waals surface area contributed by atoms with Gasteiger partial charge in [-0.15, -0.1) is 0 Å². The van der Waals surface area contributed by atoms with Gasteiger partial charge in [0, 0.05) is 0 Å². The average Bonchev–Trinajstić information content (AvgIpc) is 2.70. The van der Waals surface area contributed by atoms with Crippen molar-refractivity contribution in [2.75, 3.05) is 0 Å². The van der Waals surface area contributed by atoms with Crippen LogP contribution in [0.5, 0.6) is 0 Å². The van der Waals surface area contributed by atoms with E-state index in [1.165, 1.54) is 0 Å². The van der Waals surface area contributed by atoms with Crippen molar-refractivity contribution >= 4 is 33.5 Å². The molecule has 1 fully saturated rings. The zero-order valence-electron chi connectivity index (χ0n) is 16.2. The molecule has 3 nitrogen and oxygen atoms in total. The number of carbonyl (C=O) groups excluding carboxylic acids is 1. The molecule has 2 unspecified atom stereocenters. The van der Waals surface area contributed by atoms with Gasteiger partial charge in [-0.3, -0.25) is 0 Å². The zero-order chi connectivity index (χ0) is 18.9. The molecule has 1 saturated heterocycles. The second-order valence-corrected chi connectivity index (χ2v) is 16.1. The van der Waals surface area contributed by atoms with Gasteiger partial charge in [0.15, 0.2) is 0 Å².